The number of methoxy groups -OCH3 is 1. The van der Waals surface area contributed by atoms with Crippen LogP contribution in [0.5, 0.6) is 5.75 Å². The molecule has 0 atom stereocenters. The second-order valence-electron chi connectivity index (χ2n) is 4.29. The Kier molecular flexibility index (Phi) is 2.77. The molecule has 15 heavy (non-hydrogen) atoms. The molecule has 1 aliphatic rings. The van der Waals surface area contributed by atoms with Crippen LogP contribution >= 0.6 is 15.9 Å². The van der Waals surface area contributed by atoms with Crippen LogP contribution in [-0.2, 0) is 5.41 Å². The second kappa shape index (κ2) is 3.80. The molecule has 1 aromatic carbocycles. The Morgan fingerprint density at radius 3 is 2.53 bits per heavy atom. The average molecular weight is 270 g/mol. The van der Waals surface area contributed by atoms with Crippen LogP contribution in [0.2, 0.25) is 0 Å². The zero-order valence-corrected chi connectivity index (χ0v) is 10.7. The number of aryl methyl sites for hydroxylation is 1. The molecule has 2 N–H and O–H groups in total. The highest BCUT2D eigenvalue weighted by molar-refractivity contribution is 9.10. The summed E-state index contributed by atoms with van der Waals surface area (Å²) < 4.78 is 6.35. The van der Waals surface area contributed by atoms with Crippen LogP contribution in [0.1, 0.15) is 24.0 Å². The first kappa shape index (κ1) is 11.0. The standard InChI is InChI=1S/C12H16BrNO/c1-8-5-9(12(7-14)3-4-12)6-10(13)11(8)15-2/h5-6H,3-4,7,14H2,1-2H3. The maximum Gasteiger partial charge on any atom is 0.135 e. The Labute approximate surface area is 98.9 Å². The van der Waals surface area contributed by atoms with Crippen molar-refractivity contribution in [3.63, 3.8) is 0 Å². The average Bonchev–Trinajstić information content (AvgIpc) is 2.97. The molecule has 82 valence electrons. The van der Waals surface area contributed by atoms with E-state index in [2.05, 4.69) is 35.0 Å². The van der Waals surface area contributed by atoms with Gasteiger partial charge in [0, 0.05) is 12.0 Å². The maximum absolute atomic E-state index is 5.82. The Hall–Kier alpha value is -0.540. The normalized spacial score (nSPS) is 17.6. The molecule has 0 spiro atoms. The molecule has 2 rings (SSSR count). The van der Waals surface area contributed by atoms with E-state index < -0.39 is 0 Å². The van der Waals surface area contributed by atoms with Crippen LogP contribution in [0.3, 0.4) is 0 Å². The maximum atomic E-state index is 5.82. The highest BCUT2D eigenvalue weighted by Gasteiger charge is 2.43. The van der Waals surface area contributed by atoms with Gasteiger partial charge < -0.3 is 10.5 Å². The largest absolute Gasteiger partial charge is 0.495 e. The van der Waals surface area contributed by atoms with Gasteiger partial charge in [-0.25, -0.2) is 0 Å². The number of hydrogen-bond acceptors (Lipinski definition) is 2. The molecule has 0 radical (unpaired) electrons. The molecule has 1 aromatic rings. The number of nitrogens with two attached hydrogens (primary N) is 1. The van der Waals surface area contributed by atoms with Crippen molar-refractivity contribution < 1.29 is 4.74 Å². The summed E-state index contributed by atoms with van der Waals surface area (Å²) in [5, 5.41) is 0. The van der Waals surface area contributed by atoms with Crippen LogP contribution in [0.4, 0.5) is 0 Å². The lowest BCUT2D eigenvalue weighted by molar-refractivity contribution is 0.408. The monoisotopic (exact) mass is 269 g/mol. The minimum absolute atomic E-state index is 0.250. The number of benzene rings is 1. The molecule has 1 saturated carbocycles. The van der Waals surface area contributed by atoms with Crippen molar-refractivity contribution in [3.05, 3.63) is 27.7 Å². The van der Waals surface area contributed by atoms with Gasteiger partial charge in [-0.15, -0.1) is 0 Å². The lowest BCUT2D eigenvalue weighted by Crippen LogP contribution is -2.19. The Morgan fingerprint density at radius 1 is 1.47 bits per heavy atom. The molecular formula is C12H16BrNO. The lowest BCUT2D eigenvalue weighted by atomic mass is 9.94. The summed E-state index contributed by atoms with van der Waals surface area (Å²) in [6.07, 6.45) is 2.42. The summed E-state index contributed by atoms with van der Waals surface area (Å²) in [7, 11) is 1.70. The molecule has 3 heteroatoms. The molecule has 0 unspecified atom stereocenters. The van der Waals surface area contributed by atoms with Crippen LogP contribution in [-0.4, -0.2) is 13.7 Å². The minimum Gasteiger partial charge on any atom is -0.495 e. The molecule has 0 aromatic heterocycles. The van der Waals surface area contributed by atoms with Gasteiger partial charge in [0.05, 0.1) is 11.6 Å². The van der Waals surface area contributed by atoms with Gasteiger partial charge in [0.2, 0.25) is 0 Å². The summed E-state index contributed by atoms with van der Waals surface area (Å²) in [4.78, 5) is 0. The first-order valence-corrected chi connectivity index (χ1v) is 5.97. The van der Waals surface area contributed by atoms with Crippen molar-refractivity contribution in [3.8, 4) is 5.75 Å². The third-order valence-electron chi connectivity index (χ3n) is 3.29. The topological polar surface area (TPSA) is 35.2 Å². The first-order valence-electron chi connectivity index (χ1n) is 5.17. The number of hydrogen-bond donors (Lipinski definition) is 1. The van der Waals surface area contributed by atoms with E-state index in [4.69, 9.17) is 10.5 Å². The molecule has 0 aliphatic heterocycles. The molecule has 1 fully saturated rings. The second-order valence-corrected chi connectivity index (χ2v) is 5.15. The Morgan fingerprint density at radius 2 is 2.13 bits per heavy atom. The fourth-order valence-corrected chi connectivity index (χ4v) is 2.78. The van der Waals surface area contributed by atoms with E-state index in [0.29, 0.717) is 0 Å². The van der Waals surface area contributed by atoms with Gasteiger partial charge in [0.15, 0.2) is 0 Å². The SMILES string of the molecule is COc1c(C)cc(C2(CN)CC2)cc1Br. The summed E-state index contributed by atoms with van der Waals surface area (Å²) in [6, 6.07) is 4.34. The molecule has 0 amide bonds. The van der Waals surface area contributed by atoms with E-state index in [1.54, 1.807) is 7.11 Å². The zero-order chi connectivity index (χ0) is 11.1. The van der Waals surface area contributed by atoms with E-state index in [0.717, 1.165) is 16.8 Å². The first-order chi connectivity index (χ1) is 7.13. The predicted molar refractivity (Wildman–Crippen MR) is 65.4 cm³/mol. The lowest BCUT2D eigenvalue weighted by Gasteiger charge is -2.16. The van der Waals surface area contributed by atoms with Gasteiger partial charge >= 0.3 is 0 Å². The molecule has 0 heterocycles. The molecular weight excluding hydrogens is 254 g/mol. The van der Waals surface area contributed by atoms with E-state index in [1.165, 1.54) is 24.0 Å². The molecule has 0 bridgehead atoms. The number of rotatable bonds is 3. The molecule has 2 nitrogen and oxygen atoms in total. The zero-order valence-electron chi connectivity index (χ0n) is 9.14. The third kappa shape index (κ3) is 1.79. The van der Waals surface area contributed by atoms with Crippen molar-refractivity contribution >= 4 is 15.9 Å². The minimum atomic E-state index is 0.250. The summed E-state index contributed by atoms with van der Waals surface area (Å²) in [5.41, 5.74) is 8.59. The van der Waals surface area contributed by atoms with E-state index in [9.17, 15) is 0 Å². The third-order valence-corrected chi connectivity index (χ3v) is 3.88. The number of halogens is 1. The van der Waals surface area contributed by atoms with Gasteiger partial charge in [0.25, 0.3) is 0 Å². The van der Waals surface area contributed by atoms with E-state index in [-0.39, 0.29) is 5.41 Å². The van der Waals surface area contributed by atoms with Crippen molar-refractivity contribution in [2.24, 2.45) is 5.73 Å². The van der Waals surface area contributed by atoms with Crippen LogP contribution in [0.15, 0.2) is 16.6 Å². The summed E-state index contributed by atoms with van der Waals surface area (Å²) >= 11 is 3.54. The highest BCUT2D eigenvalue weighted by atomic mass is 79.9. The van der Waals surface area contributed by atoms with Crippen molar-refractivity contribution in [1.29, 1.82) is 0 Å². The van der Waals surface area contributed by atoms with Gasteiger partial charge in [-0.3, -0.25) is 0 Å². The van der Waals surface area contributed by atoms with Gasteiger partial charge in [0.1, 0.15) is 5.75 Å². The van der Waals surface area contributed by atoms with Crippen LogP contribution in [0.25, 0.3) is 0 Å². The fraction of sp³-hybridized carbons (Fsp3) is 0.500. The highest BCUT2D eigenvalue weighted by Crippen LogP contribution is 2.49. The number of ether oxygens (including phenoxy) is 1. The molecule has 1 aliphatic carbocycles. The smallest absolute Gasteiger partial charge is 0.135 e. The van der Waals surface area contributed by atoms with Gasteiger partial charge in [-0.05, 0) is 52.9 Å². The van der Waals surface area contributed by atoms with Crippen molar-refractivity contribution in [2.75, 3.05) is 13.7 Å². The van der Waals surface area contributed by atoms with Crippen molar-refractivity contribution in [1.82, 2.24) is 0 Å². The van der Waals surface area contributed by atoms with E-state index in [1.807, 2.05) is 0 Å². The van der Waals surface area contributed by atoms with Crippen LogP contribution in [0, 0.1) is 6.92 Å². The van der Waals surface area contributed by atoms with Gasteiger partial charge in [-0.1, -0.05) is 6.07 Å². The van der Waals surface area contributed by atoms with Crippen LogP contribution < -0.4 is 10.5 Å². The molecule has 0 saturated heterocycles. The fourth-order valence-electron chi connectivity index (χ4n) is 2.06. The summed E-state index contributed by atoms with van der Waals surface area (Å²) in [5.74, 6) is 0.923. The Balaban J connectivity index is 2.44. The van der Waals surface area contributed by atoms with Crippen molar-refractivity contribution in [2.45, 2.75) is 25.2 Å². The van der Waals surface area contributed by atoms with Gasteiger partial charge in [-0.2, -0.15) is 0 Å². The van der Waals surface area contributed by atoms with E-state index >= 15 is 0 Å². The Bertz CT molecular complexity index is 362. The quantitative estimate of drug-likeness (QED) is 0.916. The predicted octanol–water partition coefficient (Wildman–Crippen LogP) is 2.76. The summed E-state index contributed by atoms with van der Waals surface area (Å²) in [6.45, 7) is 2.81.